The molecule has 0 aliphatic rings. The topological polar surface area (TPSA) is 8.81 Å². The Bertz CT molecular complexity index is 576. The van der Waals surface area contributed by atoms with Gasteiger partial charge in [-0.25, -0.2) is 9.13 Å². The molecule has 0 bridgehead atoms. The zero-order valence-corrected chi connectivity index (χ0v) is 26.1. The van der Waals surface area contributed by atoms with Gasteiger partial charge in [0.25, 0.3) is 5.82 Å². The van der Waals surface area contributed by atoms with Gasteiger partial charge in [0.1, 0.15) is 12.4 Å². The van der Waals surface area contributed by atoms with Gasteiger partial charge in [-0.2, -0.15) is 0 Å². The van der Waals surface area contributed by atoms with Gasteiger partial charge in [-0.1, -0.05) is 156 Å². The van der Waals surface area contributed by atoms with Crippen molar-refractivity contribution in [3.05, 3.63) is 18.2 Å². The molecule has 0 aromatic carbocycles. The summed E-state index contributed by atoms with van der Waals surface area (Å²) in [5.41, 5.74) is 0. The summed E-state index contributed by atoms with van der Waals surface area (Å²) < 4.78 is 5.20. The molecule has 1 heterocycles. The molecule has 1 aromatic heterocycles. The second-order valence-electron chi connectivity index (χ2n) is 12.0. The van der Waals surface area contributed by atoms with Crippen LogP contribution in [0.15, 0.2) is 12.4 Å². The molecule has 0 N–H and O–H groups in total. The van der Waals surface area contributed by atoms with Crippen molar-refractivity contribution in [2.45, 2.75) is 207 Å². The van der Waals surface area contributed by atoms with Crippen molar-refractivity contribution in [1.29, 1.82) is 0 Å². The third kappa shape index (κ3) is 19.9. The third-order valence-corrected chi connectivity index (χ3v) is 8.35. The van der Waals surface area contributed by atoms with Crippen LogP contribution >= 0.6 is 0 Å². The molecule has 0 amide bonds. The average molecular weight is 518 g/mol. The first kappa shape index (κ1) is 34.2. The van der Waals surface area contributed by atoms with Gasteiger partial charge in [-0.15, -0.1) is 0 Å². The highest BCUT2D eigenvalue weighted by molar-refractivity contribution is 4.84. The Hall–Kier alpha value is -0.790. The molecule has 2 heteroatoms. The van der Waals surface area contributed by atoms with Crippen molar-refractivity contribution < 1.29 is 4.57 Å². The fraction of sp³-hybridized carbons (Fsp3) is 0.914. The average Bonchev–Trinajstić information content (AvgIpc) is 3.29. The Balaban J connectivity index is 2.18. The van der Waals surface area contributed by atoms with Gasteiger partial charge in [0.05, 0.1) is 13.1 Å². The number of nitrogens with zero attached hydrogens (tertiary/aromatic N) is 2. The second-order valence-corrected chi connectivity index (χ2v) is 12.0. The van der Waals surface area contributed by atoms with E-state index in [1.54, 1.807) is 5.82 Å². The highest BCUT2D eigenvalue weighted by Gasteiger charge is 2.16. The van der Waals surface area contributed by atoms with Gasteiger partial charge in [-0.3, -0.25) is 0 Å². The van der Waals surface area contributed by atoms with E-state index in [0.29, 0.717) is 0 Å². The molecular formula is C35H69N2+. The molecule has 1 aromatic rings. The minimum absolute atomic E-state index is 1.23. The minimum atomic E-state index is 1.23. The molecule has 0 unspecified atom stereocenters. The molecule has 37 heavy (non-hydrogen) atoms. The quantitative estimate of drug-likeness (QED) is 0.0737. The van der Waals surface area contributed by atoms with Crippen molar-refractivity contribution in [3.8, 4) is 0 Å². The Morgan fingerprint density at radius 2 is 0.838 bits per heavy atom. The van der Waals surface area contributed by atoms with Gasteiger partial charge < -0.3 is 0 Å². The number of rotatable bonds is 29. The molecular weight excluding hydrogens is 448 g/mol. The van der Waals surface area contributed by atoms with Gasteiger partial charge >= 0.3 is 0 Å². The first-order chi connectivity index (χ1) is 18.3. The Kier molecular flexibility index (Phi) is 24.8. The summed E-state index contributed by atoms with van der Waals surface area (Å²) in [6.07, 6.45) is 43.0. The highest BCUT2D eigenvalue weighted by Crippen LogP contribution is 2.14. The fourth-order valence-electron chi connectivity index (χ4n) is 5.80. The van der Waals surface area contributed by atoms with E-state index in [-0.39, 0.29) is 0 Å². The van der Waals surface area contributed by atoms with Gasteiger partial charge in [0.2, 0.25) is 0 Å². The predicted molar refractivity (Wildman–Crippen MR) is 165 cm³/mol. The Labute approximate surface area is 234 Å². The molecule has 1 rings (SSSR count). The molecule has 0 aliphatic carbocycles. The SMILES string of the molecule is CCCCCCCCCCCCCCn1cc[n+](CCCCCCCCCCCCC)c1CCCCC. The summed E-state index contributed by atoms with van der Waals surface area (Å²) in [4.78, 5) is 0. The zero-order chi connectivity index (χ0) is 26.7. The monoisotopic (exact) mass is 518 g/mol. The molecule has 218 valence electrons. The first-order valence-corrected chi connectivity index (χ1v) is 17.4. The van der Waals surface area contributed by atoms with Crippen LogP contribution in [0.3, 0.4) is 0 Å². The number of imidazole rings is 1. The molecule has 0 saturated carbocycles. The normalized spacial score (nSPS) is 11.5. The summed E-state index contributed by atoms with van der Waals surface area (Å²) in [5.74, 6) is 1.60. The van der Waals surface area contributed by atoms with E-state index in [0.717, 1.165) is 0 Å². The van der Waals surface area contributed by atoms with Crippen LogP contribution < -0.4 is 4.57 Å². The second kappa shape index (κ2) is 26.8. The van der Waals surface area contributed by atoms with Crippen LogP contribution in [0.1, 0.15) is 194 Å². The van der Waals surface area contributed by atoms with E-state index in [9.17, 15) is 0 Å². The summed E-state index contributed by atoms with van der Waals surface area (Å²) in [7, 11) is 0. The Morgan fingerprint density at radius 3 is 1.30 bits per heavy atom. The van der Waals surface area contributed by atoms with E-state index >= 15 is 0 Å². The van der Waals surface area contributed by atoms with Crippen molar-refractivity contribution in [2.75, 3.05) is 0 Å². The van der Waals surface area contributed by atoms with E-state index in [1.165, 1.54) is 186 Å². The van der Waals surface area contributed by atoms with E-state index < -0.39 is 0 Å². The lowest BCUT2D eigenvalue weighted by atomic mass is 10.1. The number of hydrogen-bond donors (Lipinski definition) is 0. The lowest BCUT2D eigenvalue weighted by Crippen LogP contribution is -2.37. The lowest BCUT2D eigenvalue weighted by molar-refractivity contribution is -0.704. The summed E-state index contributed by atoms with van der Waals surface area (Å²) in [6.45, 7) is 9.39. The molecule has 0 fully saturated rings. The smallest absolute Gasteiger partial charge is 0.234 e. The maximum absolute atomic E-state index is 2.60. The first-order valence-electron chi connectivity index (χ1n) is 17.4. The maximum atomic E-state index is 2.60. The van der Waals surface area contributed by atoms with Crippen LogP contribution in [0.25, 0.3) is 0 Å². The number of unbranched alkanes of at least 4 members (excludes halogenated alkanes) is 23. The highest BCUT2D eigenvalue weighted by atomic mass is 15.1. The van der Waals surface area contributed by atoms with Crippen LogP contribution in [0.2, 0.25) is 0 Å². The number of aryl methyl sites for hydroxylation is 2. The molecule has 0 atom stereocenters. The van der Waals surface area contributed by atoms with Crippen LogP contribution in [0.4, 0.5) is 0 Å². The van der Waals surface area contributed by atoms with Crippen LogP contribution in [-0.2, 0) is 19.5 Å². The van der Waals surface area contributed by atoms with Crippen molar-refractivity contribution in [1.82, 2.24) is 4.57 Å². The largest absolute Gasteiger partial charge is 0.256 e. The van der Waals surface area contributed by atoms with Gasteiger partial charge in [0.15, 0.2) is 0 Å². The summed E-state index contributed by atoms with van der Waals surface area (Å²) in [6, 6.07) is 0. The van der Waals surface area contributed by atoms with Gasteiger partial charge in [0, 0.05) is 6.42 Å². The predicted octanol–water partition coefficient (Wildman–Crippen LogP) is 11.5. The van der Waals surface area contributed by atoms with Crippen molar-refractivity contribution in [3.63, 3.8) is 0 Å². The molecule has 2 nitrogen and oxygen atoms in total. The fourth-order valence-corrected chi connectivity index (χ4v) is 5.80. The number of aromatic nitrogens is 2. The summed E-state index contributed by atoms with van der Waals surface area (Å²) >= 11 is 0. The van der Waals surface area contributed by atoms with Crippen molar-refractivity contribution >= 4 is 0 Å². The third-order valence-electron chi connectivity index (χ3n) is 8.35. The molecule has 0 spiro atoms. The van der Waals surface area contributed by atoms with E-state index in [4.69, 9.17) is 0 Å². The minimum Gasteiger partial charge on any atom is -0.234 e. The van der Waals surface area contributed by atoms with E-state index in [1.807, 2.05) is 0 Å². The zero-order valence-electron chi connectivity index (χ0n) is 26.1. The van der Waals surface area contributed by atoms with E-state index in [2.05, 4.69) is 42.3 Å². The maximum Gasteiger partial charge on any atom is 0.256 e. The standard InChI is InChI=1S/C35H69N2/c1-4-7-10-12-14-16-18-20-22-24-26-29-32-37-34-33-36(35(37)30-27-9-6-3)31-28-25-23-21-19-17-15-13-11-8-5-2/h33-34H,4-32H2,1-3H3/q+1. The molecule has 0 radical (unpaired) electrons. The molecule has 0 aliphatic heterocycles. The number of hydrogen-bond acceptors (Lipinski definition) is 0. The van der Waals surface area contributed by atoms with Crippen LogP contribution in [0, 0.1) is 0 Å². The van der Waals surface area contributed by atoms with Crippen molar-refractivity contribution in [2.24, 2.45) is 0 Å². The van der Waals surface area contributed by atoms with Crippen LogP contribution in [-0.4, -0.2) is 4.57 Å². The lowest BCUT2D eigenvalue weighted by Gasteiger charge is -2.07. The van der Waals surface area contributed by atoms with Crippen LogP contribution in [0.5, 0.6) is 0 Å². The molecule has 0 saturated heterocycles. The summed E-state index contributed by atoms with van der Waals surface area (Å²) in [5, 5.41) is 0. The Morgan fingerprint density at radius 1 is 0.459 bits per heavy atom. The van der Waals surface area contributed by atoms with Gasteiger partial charge in [-0.05, 0) is 32.1 Å².